The fourth-order valence-electron chi connectivity index (χ4n) is 2.87. The number of amides is 1. The van der Waals surface area contributed by atoms with E-state index in [-0.39, 0.29) is 11.4 Å². The SMILES string of the molecule is CCCNC(=O)CN1CCC(NC(=NCCNC(C)(C)C)NCC)CC1. The number of nitrogens with one attached hydrogen (secondary N) is 4. The summed E-state index contributed by atoms with van der Waals surface area (Å²) in [6.45, 7) is 16.3. The van der Waals surface area contributed by atoms with E-state index in [9.17, 15) is 4.79 Å². The first kappa shape index (κ1) is 22.7. The molecular weight excluding hydrogens is 328 g/mol. The Balaban J connectivity index is 2.33. The van der Waals surface area contributed by atoms with Gasteiger partial charge in [0.1, 0.15) is 0 Å². The Morgan fingerprint density at radius 3 is 2.38 bits per heavy atom. The number of piperidine rings is 1. The number of carbonyl (C=O) groups is 1. The largest absolute Gasteiger partial charge is 0.357 e. The summed E-state index contributed by atoms with van der Waals surface area (Å²) < 4.78 is 0. The van der Waals surface area contributed by atoms with E-state index in [1.165, 1.54) is 0 Å². The fourth-order valence-corrected chi connectivity index (χ4v) is 2.87. The van der Waals surface area contributed by atoms with Crippen molar-refractivity contribution in [3.05, 3.63) is 0 Å². The van der Waals surface area contributed by atoms with Gasteiger partial charge in [-0.1, -0.05) is 6.92 Å². The van der Waals surface area contributed by atoms with Crippen LogP contribution in [0.15, 0.2) is 4.99 Å². The van der Waals surface area contributed by atoms with Crippen molar-refractivity contribution in [1.29, 1.82) is 0 Å². The monoisotopic (exact) mass is 368 g/mol. The average Bonchev–Trinajstić information content (AvgIpc) is 2.58. The highest BCUT2D eigenvalue weighted by Crippen LogP contribution is 2.09. The summed E-state index contributed by atoms with van der Waals surface area (Å²) in [6.07, 6.45) is 3.05. The lowest BCUT2D eigenvalue weighted by atomic mass is 10.1. The van der Waals surface area contributed by atoms with Crippen LogP contribution in [0.1, 0.15) is 53.9 Å². The minimum Gasteiger partial charge on any atom is -0.357 e. The number of aliphatic imine (C=N–C) groups is 1. The second-order valence-electron chi connectivity index (χ2n) is 7.98. The van der Waals surface area contributed by atoms with Gasteiger partial charge in [-0.15, -0.1) is 0 Å². The molecule has 0 bridgehead atoms. The van der Waals surface area contributed by atoms with Crippen molar-refractivity contribution in [2.45, 2.75) is 65.5 Å². The van der Waals surface area contributed by atoms with Crippen molar-refractivity contribution in [3.63, 3.8) is 0 Å². The van der Waals surface area contributed by atoms with Gasteiger partial charge in [0.05, 0.1) is 13.1 Å². The normalized spacial score (nSPS) is 17.2. The van der Waals surface area contributed by atoms with Crippen LogP contribution in [0.4, 0.5) is 0 Å². The van der Waals surface area contributed by atoms with Crippen LogP contribution in [0.5, 0.6) is 0 Å². The molecule has 0 spiro atoms. The van der Waals surface area contributed by atoms with Gasteiger partial charge in [0.15, 0.2) is 5.96 Å². The van der Waals surface area contributed by atoms with Crippen LogP contribution < -0.4 is 21.3 Å². The smallest absolute Gasteiger partial charge is 0.234 e. The Hall–Kier alpha value is -1.34. The van der Waals surface area contributed by atoms with E-state index in [2.05, 4.69) is 65.8 Å². The molecule has 0 aliphatic carbocycles. The lowest BCUT2D eigenvalue weighted by Crippen LogP contribution is -2.50. The third kappa shape index (κ3) is 10.6. The van der Waals surface area contributed by atoms with Crippen molar-refractivity contribution in [2.24, 2.45) is 4.99 Å². The molecule has 4 N–H and O–H groups in total. The molecule has 1 fully saturated rings. The van der Waals surface area contributed by atoms with Gasteiger partial charge in [-0.3, -0.25) is 14.7 Å². The number of hydrogen-bond donors (Lipinski definition) is 4. The number of carbonyl (C=O) groups excluding carboxylic acids is 1. The second-order valence-corrected chi connectivity index (χ2v) is 7.98. The van der Waals surface area contributed by atoms with Crippen LogP contribution >= 0.6 is 0 Å². The molecule has 152 valence electrons. The molecule has 0 aromatic rings. The van der Waals surface area contributed by atoms with Gasteiger partial charge >= 0.3 is 0 Å². The summed E-state index contributed by atoms with van der Waals surface area (Å²) >= 11 is 0. The van der Waals surface area contributed by atoms with E-state index in [1.54, 1.807) is 0 Å². The first-order valence-corrected chi connectivity index (χ1v) is 10.1. The molecule has 7 nitrogen and oxygen atoms in total. The Morgan fingerprint density at radius 1 is 1.12 bits per heavy atom. The Labute approximate surface area is 159 Å². The summed E-state index contributed by atoms with van der Waals surface area (Å²) in [5.74, 6) is 1.03. The van der Waals surface area contributed by atoms with Crippen LogP contribution in [0, 0.1) is 0 Å². The molecule has 0 saturated carbocycles. The number of hydrogen-bond acceptors (Lipinski definition) is 4. The molecule has 7 heteroatoms. The molecule has 26 heavy (non-hydrogen) atoms. The highest BCUT2D eigenvalue weighted by atomic mass is 16.2. The summed E-state index contributed by atoms with van der Waals surface area (Å²) in [4.78, 5) is 18.7. The van der Waals surface area contributed by atoms with Crippen molar-refractivity contribution in [2.75, 3.05) is 45.8 Å². The van der Waals surface area contributed by atoms with Crippen molar-refractivity contribution in [1.82, 2.24) is 26.2 Å². The molecule has 1 rings (SSSR count). The molecule has 0 aromatic carbocycles. The fraction of sp³-hybridized carbons (Fsp3) is 0.895. The minimum absolute atomic E-state index is 0.123. The maximum absolute atomic E-state index is 11.8. The maximum Gasteiger partial charge on any atom is 0.234 e. The summed E-state index contributed by atoms with van der Waals surface area (Å²) in [5.41, 5.74) is 0.123. The molecule has 1 aliphatic rings. The number of nitrogens with zero attached hydrogens (tertiary/aromatic N) is 2. The zero-order valence-corrected chi connectivity index (χ0v) is 17.5. The number of guanidine groups is 1. The van der Waals surface area contributed by atoms with E-state index in [0.717, 1.165) is 64.5 Å². The van der Waals surface area contributed by atoms with Crippen molar-refractivity contribution >= 4 is 11.9 Å². The van der Waals surface area contributed by atoms with Gasteiger partial charge in [0.2, 0.25) is 5.91 Å². The van der Waals surface area contributed by atoms with Gasteiger partial charge in [0.25, 0.3) is 0 Å². The summed E-state index contributed by atoms with van der Waals surface area (Å²) in [7, 11) is 0. The van der Waals surface area contributed by atoms with Crippen LogP contribution in [0.2, 0.25) is 0 Å². The molecule has 0 radical (unpaired) electrons. The van der Waals surface area contributed by atoms with Gasteiger partial charge < -0.3 is 21.3 Å². The Bertz CT molecular complexity index is 424. The third-order valence-corrected chi connectivity index (χ3v) is 4.25. The lowest BCUT2D eigenvalue weighted by Gasteiger charge is -2.32. The lowest BCUT2D eigenvalue weighted by molar-refractivity contribution is -0.122. The molecule has 0 unspecified atom stereocenters. The standard InChI is InChI=1S/C19H40N6O/c1-6-10-21-17(26)15-25-13-8-16(9-14-25)24-18(20-7-2)22-11-12-23-19(3,4)5/h16,23H,6-15H2,1-5H3,(H,21,26)(H2,20,22,24). The van der Waals surface area contributed by atoms with Gasteiger partial charge in [0, 0.05) is 44.3 Å². The first-order valence-electron chi connectivity index (χ1n) is 10.1. The molecule has 0 aromatic heterocycles. The van der Waals surface area contributed by atoms with Crippen LogP contribution in [-0.4, -0.2) is 74.2 Å². The molecule has 1 heterocycles. The summed E-state index contributed by atoms with van der Waals surface area (Å²) in [5, 5.41) is 13.3. The third-order valence-electron chi connectivity index (χ3n) is 4.25. The van der Waals surface area contributed by atoms with Crippen LogP contribution in [0.3, 0.4) is 0 Å². The molecule has 1 aliphatic heterocycles. The first-order chi connectivity index (χ1) is 12.3. The second kappa shape index (κ2) is 12.1. The molecule has 1 saturated heterocycles. The molecule has 0 atom stereocenters. The summed E-state index contributed by atoms with van der Waals surface area (Å²) in [6, 6.07) is 0.415. The predicted molar refractivity (Wildman–Crippen MR) is 110 cm³/mol. The van der Waals surface area contributed by atoms with E-state index in [0.29, 0.717) is 12.6 Å². The highest BCUT2D eigenvalue weighted by molar-refractivity contribution is 5.80. The van der Waals surface area contributed by atoms with Crippen molar-refractivity contribution in [3.8, 4) is 0 Å². The molecular formula is C19H40N6O. The van der Waals surface area contributed by atoms with Gasteiger partial charge in [-0.2, -0.15) is 0 Å². The van der Waals surface area contributed by atoms with E-state index in [1.807, 2.05) is 0 Å². The van der Waals surface area contributed by atoms with E-state index >= 15 is 0 Å². The molecule has 1 amide bonds. The average molecular weight is 369 g/mol. The minimum atomic E-state index is 0.123. The predicted octanol–water partition coefficient (Wildman–Crippen LogP) is 0.920. The topological polar surface area (TPSA) is 80.8 Å². The number of rotatable bonds is 9. The van der Waals surface area contributed by atoms with Crippen LogP contribution in [0.25, 0.3) is 0 Å². The Kier molecular flexibility index (Phi) is 10.6. The quantitative estimate of drug-likeness (QED) is 0.276. The Morgan fingerprint density at radius 2 is 1.81 bits per heavy atom. The van der Waals surface area contributed by atoms with Gasteiger partial charge in [-0.25, -0.2) is 0 Å². The van der Waals surface area contributed by atoms with Crippen molar-refractivity contribution < 1.29 is 4.79 Å². The van der Waals surface area contributed by atoms with Gasteiger partial charge in [-0.05, 0) is 47.0 Å². The highest BCUT2D eigenvalue weighted by Gasteiger charge is 2.21. The number of likely N-dealkylation sites (tertiary alicyclic amines) is 1. The maximum atomic E-state index is 11.8. The van der Waals surface area contributed by atoms with Crippen LogP contribution in [-0.2, 0) is 4.79 Å². The van der Waals surface area contributed by atoms with E-state index < -0.39 is 0 Å². The zero-order chi connectivity index (χ0) is 19.4. The van der Waals surface area contributed by atoms with E-state index in [4.69, 9.17) is 0 Å². The zero-order valence-electron chi connectivity index (χ0n) is 17.5.